The summed E-state index contributed by atoms with van der Waals surface area (Å²) in [6.45, 7) is 4.61. The maximum atomic E-state index is 13.4. The normalized spacial score (nSPS) is 11.8. The van der Waals surface area contributed by atoms with Crippen molar-refractivity contribution < 1.29 is 23.9 Å². The Morgan fingerprint density at radius 2 is 1.93 bits per heavy atom. The first kappa shape index (κ1) is 22.6. The number of Topliss-reactive ketones (excluding diaryl/α,β-unsaturated/α-hetero) is 1. The number of aromatic nitrogens is 1. The first-order chi connectivity index (χ1) is 13.6. The van der Waals surface area contributed by atoms with E-state index < -0.39 is 29.5 Å². The van der Waals surface area contributed by atoms with E-state index in [1.807, 2.05) is 0 Å². The van der Waals surface area contributed by atoms with Gasteiger partial charge in [0.1, 0.15) is 11.5 Å². The molecule has 1 atom stereocenters. The summed E-state index contributed by atoms with van der Waals surface area (Å²) in [6.07, 6.45) is 0.445. The first-order valence-corrected chi connectivity index (χ1v) is 9.38. The summed E-state index contributed by atoms with van der Waals surface area (Å²) in [5.74, 6) is -2.82. The predicted octanol–water partition coefficient (Wildman–Crippen LogP) is 2.76. The molecule has 9 heteroatoms. The first-order valence-electron chi connectivity index (χ1n) is 9.00. The Bertz CT molecular complexity index is 967. The van der Waals surface area contributed by atoms with Gasteiger partial charge in [-0.05, 0) is 44.0 Å². The van der Waals surface area contributed by atoms with Crippen molar-refractivity contribution in [3.8, 4) is 0 Å². The molecule has 0 fully saturated rings. The van der Waals surface area contributed by atoms with Crippen molar-refractivity contribution in [2.45, 2.75) is 33.2 Å². The number of nitrogens with zero attached hydrogens (tertiary/aromatic N) is 1. The standard InChI is InChI=1S/C20H23ClFN3O4/c1-5-12(9-26)23-20(29)18(27)17-16(21)15(11(3)25(17)4)19(28)24-13-6-7-14(22)10(2)8-13/h6-8,12,26H,5,9H2,1-4H3,(H,23,29)(H,24,28). The van der Waals surface area contributed by atoms with Crippen LogP contribution in [0.3, 0.4) is 0 Å². The van der Waals surface area contributed by atoms with E-state index in [4.69, 9.17) is 11.6 Å². The van der Waals surface area contributed by atoms with E-state index >= 15 is 0 Å². The number of carbonyl (C=O) groups excluding carboxylic acids is 3. The zero-order chi connectivity index (χ0) is 21.9. The summed E-state index contributed by atoms with van der Waals surface area (Å²) >= 11 is 6.30. The smallest absolute Gasteiger partial charge is 0.294 e. The number of amides is 2. The van der Waals surface area contributed by atoms with Crippen LogP contribution >= 0.6 is 11.6 Å². The lowest BCUT2D eigenvalue weighted by molar-refractivity contribution is -0.118. The van der Waals surface area contributed by atoms with E-state index in [-0.39, 0.29) is 22.9 Å². The van der Waals surface area contributed by atoms with Crippen LogP contribution in [-0.4, -0.2) is 39.9 Å². The largest absolute Gasteiger partial charge is 0.394 e. The number of benzene rings is 1. The van der Waals surface area contributed by atoms with Crippen LogP contribution in [0.15, 0.2) is 18.2 Å². The second-order valence-electron chi connectivity index (χ2n) is 6.69. The second-order valence-corrected chi connectivity index (χ2v) is 7.07. The van der Waals surface area contributed by atoms with Gasteiger partial charge in [0.15, 0.2) is 0 Å². The molecular formula is C20H23ClFN3O4. The summed E-state index contributed by atoms with van der Waals surface area (Å²) in [5, 5.41) is 14.1. The highest BCUT2D eigenvalue weighted by Crippen LogP contribution is 2.28. The van der Waals surface area contributed by atoms with Crippen LogP contribution in [-0.2, 0) is 11.8 Å². The van der Waals surface area contributed by atoms with Crippen LogP contribution < -0.4 is 10.6 Å². The number of aryl methyl sites for hydroxylation is 1. The van der Waals surface area contributed by atoms with Crippen molar-refractivity contribution >= 4 is 34.9 Å². The number of rotatable bonds is 7. The molecule has 1 unspecified atom stereocenters. The highest BCUT2D eigenvalue weighted by molar-refractivity contribution is 6.48. The predicted molar refractivity (Wildman–Crippen MR) is 108 cm³/mol. The van der Waals surface area contributed by atoms with Crippen molar-refractivity contribution in [3.05, 3.63) is 51.6 Å². The van der Waals surface area contributed by atoms with E-state index in [0.29, 0.717) is 23.4 Å². The Morgan fingerprint density at radius 3 is 2.48 bits per heavy atom. The van der Waals surface area contributed by atoms with Crippen LogP contribution in [0.4, 0.5) is 10.1 Å². The number of hydrogen-bond acceptors (Lipinski definition) is 4. The maximum absolute atomic E-state index is 13.4. The minimum absolute atomic E-state index is 0.0431. The zero-order valence-corrected chi connectivity index (χ0v) is 17.4. The Balaban J connectivity index is 2.33. The van der Waals surface area contributed by atoms with Crippen molar-refractivity contribution in [2.24, 2.45) is 7.05 Å². The third-order valence-corrected chi connectivity index (χ3v) is 5.11. The van der Waals surface area contributed by atoms with E-state index in [1.54, 1.807) is 20.8 Å². The lowest BCUT2D eigenvalue weighted by atomic mass is 10.1. The molecule has 3 N–H and O–H groups in total. The molecule has 2 aromatic rings. The van der Waals surface area contributed by atoms with Gasteiger partial charge in [0.25, 0.3) is 17.6 Å². The lowest BCUT2D eigenvalue weighted by Crippen LogP contribution is -2.41. The van der Waals surface area contributed by atoms with Crippen LogP contribution in [0.5, 0.6) is 0 Å². The van der Waals surface area contributed by atoms with E-state index in [0.717, 1.165) is 0 Å². The summed E-state index contributed by atoms with van der Waals surface area (Å²) in [5.41, 5.74) is 1.03. The second kappa shape index (κ2) is 9.19. The van der Waals surface area contributed by atoms with Gasteiger partial charge in [-0.25, -0.2) is 4.39 Å². The molecule has 1 aromatic heterocycles. The summed E-state index contributed by atoms with van der Waals surface area (Å²) in [7, 11) is 1.52. The SMILES string of the molecule is CCC(CO)NC(=O)C(=O)c1c(Cl)c(C(=O)Nc2ccc(F)c(C)c2)c(C)n1C. The lowest BCUT2D eigenvalue weighted by Gasteiger charge is -2.13. The molecule has 0 saturated carbocycles. The maximum Gasteiger partial charge on any atom is 0.294 e. The monoisotopic (exact) mass is 423 g/mol. The molecule has 2 rings (SSSR count). The third kappa shape index (κ3) is 4.65. The molecule has 0 aliphatic rings. The van der Waals surface area contributed by atoms with Gasteiger partial charge < -0.3 is 20.3 Å². The van der Waals surface area contributed by atoms with Gasteiger partial charge in [-0.15, -0.1) is 0 Å². The highest BCUT2D eigenvalue weighted by Gasteiger charge is 2.30. The van der Waals surface area contributed by atoms with Crippen LogP contribution in [0.25, 0.3) is 0 Å². The molecule has 29 heavy (non-hydrogen) atoms. The van der Waals surface area contributed by atoms with Crippen LogP contribution in [0.2, 0.25) is 5.02 Å². The van der Waals surface area contributed by atoms with Crippen LogP contribution in [0, 0.1) is 19.7 Å². The number of ketones is 1. The summed E-state index contributed by atoms with van der Waals surface area (Å²) in [6, 6.07) is 3.55. The third-order valence-electron chi connectivity index (χ3n) is 4.74. The van der Waals surface area contributed by atoms with Gasteiger partial charge in [-0.1, -0.05) is 18.5 Å². The van der Waals surface area contributed by atoms with Gasteiger partial charge >= 0.3 is 0 Å². The topological polar surface area (TPSA) is 100 Å². The van der Waals surface area contributed by atoms with Crippen LogP contribution in [0.1, 0.15) is 45.4 Å². The Hall–Kier alpha value is -2.71. The molecule has 7 nitrogen and oxygen atoms in total. The molecule has 0 bridgehead atoms. The Labute approximate surface area is 172 Å². The molecule has 0 radical (unpaired) electrons. The molecule has 0 aliphatic heterocycles. The average Bonchev–Trinajstić information content (AvgIpc) is 2.90. The summed E-state index contributed by atoms with van der Waals surface area (Å²) in [4.78, 5) is 37.6. The fourth-order valence-corrected chi connectivity index (χ4v) is 3.26. The molecule has 0 spiro atoms. The fourth-order valence-electron chi connectivity index (χ4n) is 2.83. The molecule has 1 heterocycles. The van der Waals surface area contributed by atoms with Crippen molar-refractivity contribution in [3.63, 3.8) is 0 Å². The number of carbonyl (C=O) groups is 3. The summed E-state index contributed by atoms with van der Waals surface area (Å²) < 4.78 is 14.8. The molecule has 1 aromatic carbocycles. The quantitative estimate of drug-likeness (QED) is 0.471. The zero-order valence-electron chi connectivity index (χ0n) is 16.6. The van der Waals surface area contributed by atoms with Crippen molar-refractivity contribution in [1.82, 2.24) is 9.88 Å². The van der Waals surface area contributed by atoms with Gasteiger partial charge in [-0.3, -0.25) is 14.4 Å². The van der Waals surface area contributed by atoms with E-state index in [2.05, 4.69) is 10.6 Å². The Morgan fingerprint density at radius 1 is 1.28 bits per heavy atom. The molecule has 156 valence electrons. The number of anilines is 1. The molecule has 0 aliphatic carbocycles. The van der Waals surface area contributed by atoms with Crippen molar-refractivity contribution in [2.75, 3.05) is 11.9 Å². The number of aliphatic hydroxyl groups is 1. The number of hydrogen-bond donors (Lipinski definition) is 3. The molecular weight excluding hydrogens is 401 g/mol. The highest BCUT2D eigenvalue weighted by atomic mass is 35.5. The van der Waals surface area contributed by atoms with E-state index in [1.165, 1.54) is 29.8 Å². The number of nitrogens with one attached hydrogen (secondary N) is 2. The van der Waals surface area contributed by atoms with Gasteiger partial charge in [0, 0.05) is 18.4 Å². The average molecular weight is 424 g/mol. The van der Waals surface area contributed by atoms with Gasteiger partial charge in [0.2, 0.25) is 0 Å². The number of halogens is 2. The molecule has 2 amide bonds. The number of aliphatic hydroxyl groups excluding tert-OH is 1. The minimum Gasteiger partial charge on any atom is -0.394 e. The van der Waals surface area contributed by atoms with Gasteiger partial charge in [-0.2, -0.15) is 0 Å². The Kier molecular flexibility index (Phi) is 7.16. The van der Waals surface area contributed by atoms with Crippen molar-refractivity contribution in [1.29, 1.82) is 0 Å². The van der Waals surface area contributed by atoms with Gasteiger partial charge in [0.05, 0.1) is 23.2 Å². The fraction of sp³-hybridized carbons (Fsp3) is 0.350. The molecule has 0 saturated heterocycles. The minimum atomic E-state index is -0.922. The van der Waals surface area contributed by atoms with E-state index in [9.17, 15) is 23.9 Å².